The van der Waals surface area contributed by atoms with Crippen LogP contribution in [0.1, 0.15) is 55.2 Å². The lowest BCUT2D eigenvalue weighted by molar-refractivity contribution is -0.0292. The lowest BCUT2D eigenvalue weighted by Gasteiger charge is -2.25. The maximum Gasteiger partial charge on any atom is 0.137 e. The molecule has 212 valence electrons. The van der Waals surface area contributed by atoms with E-state index >= 15 is 0 Å². The second-order valence-electron chi connectivity index (χ2n) is 11.0. The normalized spacial score (nSPS) is 19.7. The van der Waals surface area contributed by atoms with Crippen LogP contribution in [0.5, 0.6) is 5.75 Å². The van der Waals surface area contributed by atoms with Crippen molar-refractivity contribution in [3.63, 3.8) is 0 Å². The van der Waals surface area contributed by atoms with Crippen molar-refractivity contribution < 1.29 is 9.47 Å². The van der Waals surface area contributed by atoms with E-state index in [0.29, 0.717) is 12.6 Å². The fourth-order valence-electron chi connectivity index (χ4n) is 5.96. The van der Waals surface area contributed by atoms with Gasteiger partial charge < -0.3 is 24.3 Å². The van der Waals surface area contributed by atoms with Crippen LogP contribution in [-0.4, -0.2) is 59.3 Å². The highest BCUT2D eigenvalue weighted by molar-refractivity contribution is 7.80. The number of ether oxygens (including phenoxy) is 2. The maximum atomic E-state index is 6.23. The molecule has 0 aliphatic carbocycles. The van der Waals surface area contributed by atoms with Gasteiger partial charge in [-0.15, -0.1) is 0 Å². The van der Waals surface area contributed by atoms with E-state index in [4.69, 9.17) is 21.7 Å². The summed E-state index contributed by atoms with van der Waals surface area (Å²) in [6, 6.07) is 19.5. The number of nitrogens with one attached hydrogen (secondary N) is 1. The monoisotopic (exact) mass is 566 g/mol. The predicted molar refractivity (Wildman–Crippen MR) is 171 cm³/mol. The van der Waals surface area contributed by atoms with Crippen molar-refractivity contribution in [1.82, 2.24) is 19.8 Å². The third-order valence-corrected chi connectivity index (χ3v) is 8.77. The number of aromatic nitrogens is 2. The fourth-order valence-corrected chi connectivity index (χ4v) is 6.14. The van der Waals surface area contributed by atoms with Crippen molar-refractivity contribution in [1.29, 1.82) is 0 Å². The Morgan fingerprint density at radius 1 is 1.10 bits per heavy atom. The second-order valence-corrected chi connectivity index (χ2v) is 11.4. The van der Waals surface area contributed by atoms with Gasteiger partial charge in [-0.1, -0.05) is 54.7 Å². The van der Waals surface area contributed by atoms with Crippen LogP contribution in [-0.2, 0) is 4.74 Å². The molecule has 2 unspecified atom stereocenters. The molecule has 6 rings (SSSR count). The van der Waals surface area contributed by atoms with Crippen molar-refractivity contribution in [2.45, 2.75) is 44.4 Å². The number of fused-ring (bicyclic) bond motifs is 1. The highest BCUT2D eigenvalue weighted by atomic mass is 32.1. The minimum Gasteiger partial charge on any atom is -0.490 e. The Labute approximate surface area is 248 Å². The number of hydrogen-bond donors (Lipinski definition) is 1. The molecule has 1 N–H and O–H groups in total. The molecule has 2 aromatic carbocycles. The first kappa shape index (κ1) is 27.6. The summed E-state index contributed by atoms with van der Waals surface area (Å²) in [4.78, 5) is 7.76. The van der Waals surface area contributed by atoms with Crippen molar-refractivity contribution in [2.75, 3.05) is 33.9 Å². The summed E-state index contributed by atoms with van der Waals surface area (Å²) < 4.78 is 14.6. The van der Waals surface area contributed by atoms with Crippen LogP contribution in [0.15, 0.2) is 67.0 Å². The van der Waals surface area contributed by atoms with Crippen LogP contribution < -0.4 is 10.1 Å². The highest BCUT2D eigenvalue weighted by Gasteiger charge is 2.22. The Balaban J connectivity index is 1.28. The van der Waals surface area contributed by atoms with Gasteiger partial charge in [-0.2, -0.15) is 0 Å². The molecule has 2 aliphatic heterocycles. The predicted octanol–water partition coefficient (Wildman–Crippen LogP) is 6.94. The second kappa shape index (κ2) is 12.6. The summed E-state index contributed by atoms with van der Waals surface area (Å²) in [5.41, 5.74) is 6.49. The summed E-state index contributed by atoms with van der Waals surface area (Å²) >= 11 is 5.61. The van der Waals surface area contributed by atoms with Crippen LogP contribution in [0.25, 0.3) is 34.2 Å². The molecular weight excluding hydrogens is 528 g/mol. The number of hydrogen-bond acceptors (Lipinski definition) is 5. The van der Waals surface area contributed by atoms with E-state index in [0.717, 1.165) is 70.2 Å². The van der Waals surface area contributed by atoms with Gasteiger partial charge in [0.25, 0.3) is 0 Å². The topological polar surface area (TPSA) is 51.5 Å². The van der Waals surface area contributed by atoms with E-state index in [1.54, 1.807) is 0 Å². The smallest absolute Gasteiger partial charge is 0.137 e. The first-order valence-corrected chi connectivity index (χ1v) is 15.1. The zero-order valence-corrected chi connectivity index (χ0v) is 24.7. The number of benzene rings is 2. The van der Waals surface area contributed by atoms with Gasteiger partial charge in [0.2, 0.25) is 0 Å². The minimum atomic E-state index is 0.0331. The number of pyridine rings is 1. The van der Waals surface area contributed by atoms with Gasteiger partial charge in [0, 0.05) is 42.4 Å². The zero-order chi connectivity index (χ0) is 28.2. The maximum absolute atomic E-state index is 6.23. The molecule has 0 saturated carbocycles. The van der Waals surface area contributed by atoms with E-state index in [9.17, 15) is 0 Å². The molecule has 2 aliphatic rings. The average molecular weight is 567 g/mol. The molecule has 2 fully saturated rings. The molecular formula is C34H38N4O2S. The van der Waals surface area contributed by atoms with E-state index in [1.807, 2.05) is 31.4 Å². The molecule has 2 aromatic heterocycles. The van der Waals surface area contributed by atoms with Crippen LogP contribution in [0.4, 0.5) is 0 Å². The van der Waals surface area contributed by atoms with Gasteiger partial charge in [0.1, 0.15) is 23.6 Å². The van der Waals surface area contributed by atoms with Crippen molar-refractivity contribution >= 4 is 40.3 Å². The summed E-state index contributed by atoms with van der Waals surface area (Å²) in [6.07, 6.45) is 14.0. The summed E-state index contributed by atoms with van der Waals surface area (Å²) in [7, 11) is 4.04. The average Bonchev–Trinajstić information content (AvgIpc) is 3.61. The molecule has 7 heteroatoms. The number of thiocarbonyl (C=S) groups is 1. The molecule has 0 spiro atoms. The van der Waals surface area contributed by atoms with Gasteiger partial charge in [0.05, 0.1) is 17.4 Å². The standard InChI is InChI=1S/C34H38N4O2S/c1-35-34(41)31-10-4-3-9-29(31)24-13-17-30-25(22-38(32(30)20-24)33-11-5-6-19-39-33)12-14-26-15-16-28(21-36-26)40-23-27-8-7-18-37(27)2/h3-4,9-10,12-17,20-22,27,33H,5-8,11,18-19,23H2,1-2H3,(H,35,41)/b14-12+. The van der Waals surface area contributed by atoms with E-state index in [1.165, 1.54) is 24.6 Å². The largest absolute Gasteiger partial charge is 0.490 e. The Kier molecular flexibility index (Phi) is 8.46. The molecule has 0 radical (unpaired) electrons. The molecule has 0 bridgehead atoms. The van der Waals surface area contributed by atoms with Crippen LogP contribution in [0.3, 0.4) is 0 Å². The van der Waals surface area contributed by atoms with E-state index < -0.39 is 0 Å². The Bertz CT molecular complexity index is 1540. The number of rotatable bonds is 8. The van der Waals surface area contributed by atoms with Gasteiger partial charge in [-0.25, -0.2) is 0 Å². The minimum absolute atomic E-state index is 0.0331. The quantitative estimate of drug-likeness (QED) is 0.233. The van der Waals surface area contributed by atoms with Crippen molar-refractivity contribution in [3.05, 3.63) is 83.8 Å². The molecule has 0 amide bonds. The van der Waals surface area contributed by atoms with Gasteiger partial charge in [0.15, 0.2) is 0 Å². The van der Waals surface area contributed by atoms with Crippen molar-refractivity contribution in [2.24, 2.45) is 0 Å². The number of nitrogens with zero attached hydrogens (tertiary/aromatic N) is 3. The van der Waals surface area contributed by atoms with Crippen LogP contribution in [0, 0.1) is 0 Å². The molecule has 6 nitrogen and oxygen atoms in total. The van der Waals surface area contributed by atoms with Gasteiger partial charge >= 0.3 is 0 Å². The SMILES string of the molecule is CNC(=S)c1ccccc1-c1ccc2c(/C=C/c3ccc(OCC4CCCN4C)cn3)cn(C3CCCCO3)c2c1. The number of likely N-dealkylation sites (tertiary alicyclic amines) is 1. The van der Waals surface area contributed by atoms with Crippen LogP contribution >= 0.6 is 12.2 Å². The lowest BCUT2D eigenvalue weighted by Crippen LogP contribution is -2.30. The summed E-state index contributed by atoms with van der Waals surface area (Å²) in [5.74, 6) is 0.819. The molecule has 4 heterocycles. The van der Waals surface area contributed by atoms with Gasteiger partial charge in [-0.3, -0.25) is 4.98 Å². The first-order chi connectivity index (χ1) is 20.1. The van der Waals surface area contributed by atoms with Crippen molar-refractivity contribution in [3.8, 4) is 16.9 Å². The fraction of sp³-hybridized carbons (Fsp3) is 0.353. The van der Waals surface area contributed by atoms with Gasteiger partial charge in [-0.05, 0) is 81.1 Å². The van der Waals surface area contributed by atoms with E-state index in [-0.39, 0.29) is 6.23 Å². The van der Waals surface area contributed by atoms with Crippen LogP contribution in [0.2, 0.25) is 0 Å². The Morgan fingerprint density at radius 3 is 2.76 bits per heavy atom. The third-order valence-electron chi connectivity index (χ3n) is 8.35. The molecule has 41 heavy (non-hydrogen) atoms. The summed E-state index contributed by atoms with van der Waals surface area (Å²) in [5, 5.41) is 4.32. The number of likely N-dealkylation sites (N-methyl/N-ethyl adjacent to an activating group) is 1. The first-order valence-electron chi connectivity index (χ1n) is 14.7. The highest BCUT2D eigenvalue weighted by Crippen LogP contribution is 2.35. The Morgan fingerprint density at radius 2 is 2.00 bits per heavy atom. The molecule has 2 saturated heterocycles. The zero-order valence-electron chi connectivity index (χ0n) is 23.9. The third kappa shape index (κ3) is 6.08. The van der Waals surface area contributed by atoms with E-state index in [2.05, 4.69) is 81.6 Å². The lowest BCUT2D eigenvalue weighted by atomic mass is 9.98. The Hall–Kier alpha value is -3.52. The summed E-state index contributed by atoms with van der Waals surface area (Å²) in [6.45, 7) is 2.66. The molecule has 2 atom stereocenters. The molecule has 4 aromatic rings.